The van der Waals surface area contributed by atoms with Crippen molar-refractivity contribution >= 4 is 21.6 Å². The van der Waals surface area contributed by atoms with Gasteiger partial charge in [-0.15, -0.1) is 0 Å². The number of amides is 1. The third-order valence-electron chi connectivity index (χ3n) is 3.85. The number of anilines is 1. The van der Waals surface area contributed by atoms with Crippen molar-refractivity contribution in [1.82, 2.24) is 4.31 Å². The highest BCUT2D eigenvalue weighted by molar-refractivity contribution is 7.89. The zero-order chi connectivity index (χ0) is 20.9. The molecule has 0 heterocycles. The summed E-state index contributed by atoms with van der Waals surface area (Å²) >= 11 is 0. The summed E-state index contributed by atoms with van der Waals surface area (Å²) in [4.78, 5) is 11.9. The first-order valence-corrected chi connectivity index (χ1v) is 9.63. The van der Waals surface area contributed by atoms with E-state index >= 15 is 0 Å². The average molecular weight is 416 g/mol. The van der Waals surface area contributed by atoms with Crippen LogP contribution in [-0.4, -0.2) is 38.8 Å². The molecule has 10 heteroatoms. The molecule has 0 atom stereocenters. The van der Waals surface area contributed by atoms with E-state index in [-0.39, 0.29) is 11.4 Å². The number of hydrogen-bond donors (Lipinski definition) is 1. The monoisotopic (exact) mass is 416 g/mol. The Kier molecular flexibility index (Phi) is 6.68. The molecule has 0 aliphatic heterocycles. The molecule has 0 spiro atoms. The van der Waals surface area contributed by atoms with E-state index < -0.39 is 34.2 Å². The Labute approximate surface area is 161 Å². The van der Waals surface area contributed by atoms with Crippen LogP contribution in [0.1, 0.15) is 12.5 Å². The number of rotatable bonds is 7. The molecule has 1 amide bonds. The van der Waals surface area contributed by atoms with E-state index in [1.165, 1.54) is 14.0 Å². The molecular formula is C18H19F3N2O4S. The second kappa shape index (κ2) is 8.61. The molecule has 0 unspecified atom stereocenters. The fourth-order valence-electron chi connectivity index (χ4n) is 2.39. The van der Waals surface area contributed by atoms with Crippen LogP contribution in [0.25, 0.3) is 0 Å². The quantitative estimate of drug-likeness (QED) is 0.751. The van der Waals surface area contributed by atoms with Gasteiger partial charge in [0.2, 0.25) is 15.9 Å². The minimum atomic E-state index is -4.57. The zero-order valence-corrected chi connectivity index (χ0v) is 16.0. The number of likely N-dealkylation sites (N-methyl/N-ethyl adjacent to an activating group) is 1. The largest absolute Gasteiger partial charge is 0.497 e. The third kappa shape index (κ3) is 5.23. The second-order valence-corrected chi connectivity index (χ2v) is 7.67. The summed E-state index contributed by atoms with van der Waals surface area (Å²) < 4.78 is 69.2. The van der Waals surface area contributed by atoms with Gasteiger partial charge in [0.15, 0.2) is 0 Å². The predicted molar refractivity (Wildman–Crippen MR) is 97.5 cm³/mol. The smallest absolute Gasteiger partial charge is 0.416 e. The number of alkyl halides is 3. The van der Waals surface area contributed by atoms with Gasteiger partial charge in [-0.05, 0) is 36.4 Å². The highest BCUT2D eigenvalue weighted by Crippen LogP contribution is 2.30. The summed E-state index contributed by atoms with van der Waals surface area (Å²) in [5, 5.41) is 2.56. The maximum absolute atomic E-state index is 12.7. The lowest BCUT2D eigenvalue weighted by Crippen LogP contribution is -2.37. The summed E-state index contributed by atoms with van der Waals surface area (Å²) in [5.74, 6) is -0.0758. The number of ether oxygens (including phenoxy) is 1. The van der Waals surface area contributed by atoms with Crippen molar-refractivity contribution in [2.75, 3.05) is 25.5 Å². The molecule has 0 aliphatic rings. The first-order valence-electron chi connectivity index (χ1n) is 8.19. The lowest BCUT2D eigenvalue weighted by atomic mass is 10.2. The lowest BCUT2D eigenvalue weighted by molar-refractivity contribution is -0.137. The predicted octanol–water partition coefficient (Wildman–Crippen LogP) is 3.36. The van der Waals surface area contributed by atoms with Gasteiger partial charge in [-0.3, -0.25) is 4.79 Å². The molecule has 0 aliphatic carbocycles. The Morgan fingerprint density at radius 2 is 1.79 bits per heavy atom. The molecule has 152 valence electrons. The van der Waals surface area contributed by atoms with Crippen LogP contribution in [0.15, 0.2) is 53.4 Å². The fourth-order valence-corrected chi connectivity index (χ4v) is 3.80. The fraction of sp³-hybridized carbons (Fsp3) is 0.278. The van der Waals surface area contributed by atoms with E-state index in [9.17, 15) is 26.4 Å². The average Bonchev–Trinajstić information content (AvgIpc) is 2.65. The Bertz CT molecular complexity index is 929. The van der Waals surface area contributed by atoms with Crippen molar-refractivity contribution in [1.29, 1.82) is 0 Å². The lowest BCUT2D eigenvalue weighted by Gasteiger charge is -2.20. The molecule has 2 aromatic rings. The second-order valence-electron chi connectivity index (χ2n) is 5.73. The minimum Gasteiger partial charge on any atom is -0.497 e. The number of nitrogens with zero attached hydrogens (tertiary/aromatic N) is 1. The molecule has 0 aromatic heterocycles. The van der Waals surface area contributed by atoms with Crippen LogP contribution in [0.4, 0.5) is 18.9 Å². The molecule has 0 radical (unpaired) electrons. The standard InChI is InChI=1S/C18H19F3N2O4S/c1-3-23(12-17(24)22-14-5-4-6-15(11-14)27-2)28(25,26)16-9-7-13(8-10-16)18(19,20)21/h4-11H,3,12H2,1-2H3,(H,22,24). The maximum Gasteiger partial charge on any atom is 0.416 e. The number of sulfonamides is 1. The van der Waals surface area contributed by atoms with Gasteiger partial charge in [-0.1, -0.05) is 13.0 Å². The van der Waals surface area contributed by atoms with Gasteiger partial charge >= 0.3 is 6.18 Å². The normalized spacial score (nSPS) is 12.1. The molecule has 6 nitrogen and oxygen atoms in total. The van der Waals surface area contributed by atoms with Gasteiger partial charge in [-0.25, -0.2) is 8.42 Å². The number of carbonyl (C=O) groups is 1. The zero-order valence-electron chi connectivity index (χ0n) is 15.2. The van der Waals surface area contributed by atoms with Gasteiger partial charge in [0.1, 0.15) is 5.75 Å². The Balaban J connectivity index is 2.15. The number of halogens is 3. The van der Waals surface area contributed by atoms with Crippen LogP contribution >= 0.6 is 0 Å². The number of hydrogen-bond acceptors (Lipinski definition) is 4. The molecular weight excluding hydrogens is 397 g/mol. The van der Waals surface area contributed by atoms with Crippen molar-refractivity contribution in [3.05, 3.63) is 54.1 Å². The summed E-state index contributed by atoms with van der Waals surface area (Å²) in [6, 6.07) is 9.66. The Morgan fingerprint density at radius 3 is 2.32 bits per heavy atom. The molecule has 0 bridgehead atoms. The third-order valence-corrected chi connectivity index (χ3v) is 5.78. The van der Waals surface area contributed by atoms with Gasteiger partial charge in [0, 0.05) is 18.3 Å². The molecule has 1 N–H and O–H groups in total. The molecule has 2 aromatic carbocycles. The van der Waals surface area contributed by atoms with Gasteiger partial charge in [0.25, 0.3) is 0 Å². The van der Waals surface area contributed by atoms with Crippen LogP contribution in [0.5, 0.6) is 5.75 Å². The van der Waals surface area contributed by atoms with Crippen LogP contribution in [0.2, 0.25) is 0 Å². The molecule has 0 saturated heterocycles. The number of carbonyl (C=O) groups excluding carboxylic acids is 1. The SMILES string of the molecule is CCN(CC(=O)Nc1cccc(OC)c1)S(=O)(=O)c1ccc(C(F)(F)F)cc1. The Hall–Kier alpha value is -2.59. The van der Waals surface area contributed by atoms with Crippen molar-refractivity contribution in [3.8, 4) is 5.75 Å². The highest BCUT2D eigenvalue weighted by Gasteiger charge is 2.31. The number of nitrogens with one attached hydrogen (secondary N) is 1. The maximum atomic E-state index is 12.7. The van der Waals surface area contributed by atoms with Gasteiger partial charge < -0.3 is 10.1 Å². The molecule has 0 saturated carbocycles. The summed E-state index contributed by atoms with van der Waals surface area (Å²) in [6.07, 6.45) is -4.57. The van der Waals surface area contributed by atoms with Crippen LogP contribution in [0.3, 0.4) is 0 Å². The van der Waals surface area contributed by atoms with Crippen molar-refractivity contribution in [2.24, 2.45) is 0 Å². The Morgan fingerprint density at radius 1 is 1.14 bits per heavy atom. The van der Waals surface area contributed by atoms with Crippen molar-refractivity contribution in [2.45, 2.75) is 18.0 Å². The van der Waals surface area contributed by atoms with E-state index in [2.05, 4.69) is 5.32 Å². The van der Waals surface area contributed by atoms with Crippen LogP contribution in [0, 0.1) is 0 Å². The number of methoxy groups -OCH3 is 1. The number of benzene rings is 2. The first kappa shape index (κ1) is 21.7. The molecule has 0 fully saturated rings. The summed E-state index contributed by atoms with van der Waals surface area (Å²) in [5.41, 5.74) is -0.530. The first-order chi connectivity index (χ1) is 13.1. The summed E-state index contributed by atoms with van der Waals surface area (Å²) in [6.45, 7) is 1.01. The minimum absolute atomic E-state index is 0.0329. The van der Waals surface area contributed by atoms with E-state index in [1.807, 2.05) is 0 Å². The molecule has 28 heavy (non-hydrogen) atoms. The van der Waals surface area contributed by atoms with Crippen LogP contribution in [-0.2, 0) is 21.0 Å². The molecule has 2 rings (SSSR count). The van der Waals surface area contributed by atoms with E-state index in [4.69, 9.17) is 4.74 Å². The van der Waals surface area contributed by atoms with Crippen molar-refractivity contribution in [3.63, 3.8) is 0 Å². The topological polar surface area (TPSA) is 75.7 Å². The van der Waals surface area contributed by atoms with E-state index in [0.29, 0.717) is 23.6 Å². The van der Waals surface area contributed by atoms with Crippen molar-refractivity contribution < 1.29 is 31.1 Å². The van der Waals surface area contributed by atoms with Gasteiger partial charge in [-0.2, -0.15) is 17.5 Å². The highest BCUT2D eigenvalue weighted by atomic mass is 32.2. The summed E-state index contributed by atoms with van der Waals surface area (Å²) in [7, 11) is -2.66. The van der Waals surface area contributed by atoms with Crippen LogP contribution < -0.4 is 10.1 Å². The van der Waals surface area contributed by atoms with Gasteiger partial charge in [0.05, 0.1) is 24.1 Å². The van der Waals surface area contributed by atoms with E-state index in [1.54, 1.807) is 24.3 Å². The van der Waals surface area contributed by atoms with E-state index in [0.717, 1.165) is 16.4 Å².